The fourth-order valence-corrected chi connectivity index (χ4v) is 3.03. The van der Waals surface area contributed by atoms with Gasteiger partial charge in [0.2, 0.25) is 0 Å². The molecule has 1 aromatic carbocycles. The molecular formula is C18H21N5O3. The lowest BCUT2D eigenvalue weighted by atomic mass is 10.1. The lowest BCUT2D eigenvalue weighted by molar-refractivity contribution is 0.128. The molecule has 0 saturated carbocycles. The zero-order valence-corrected chi connectivity index (χ0v) is 14.6. The number of alkyl carbamates (subject to hydrolysis) is 1. The largest absolute Gasteiger partial charge is 0.494 e. The van der Waals surface area contributed by atoms with Gasteiger partial charge < -0.3 is 14.8 Å². The summed E-state index contributed by atoms with van der Waals surface area (Å²) in [6.07, 6.45) is 1.09. The third-order valence-electron chi connectivity index (χ3n) is 4.36. The molecule has 2 aliphatic heterocycles. The van der Waals surface area contributed by atoms with Gasteiger partial charge >= 0.3 is 6.09 Å². The molecule has 0 spiro atoms. The lowest BCUT2D eigenvalue weighted by Gasteiger charge is -2.22. The molecule has 3 N–H and O–H groups in total. The van der Waals surface area contributed by atoms with Gasteiger partial charge in [-0.25, -0.2) is 4.79 Å². The van der Waals surface area contributed by atoms with Crippen molar-refractivity contribution in [1.82, 2.24) is 25.9 Å². The third kappa shape index (κ3) is 3.19. The number of hydrogen-bond donors (Lipinski definition) is 3. The molecule has 2 aromatic rings. The quantitative estimate of drug-likeness (QED) is 0.679. The molecule has 0 atom stereocenters. The molecule has 8 heteroatoms. The van der Waals surface area contributed by atoms with Gasteiger partial charge in [-0.05, 0) is 31.0 Å². The molecule has 1 amide bonds. The highest BCUT2D eigenvalue weighted by molar-refractivity contribution is 5.91. The van der Waals surface area contributed by atoms with Crippen molar-refractivity contribution in [3.8, 4) is 5.75 Å². The fourth-order valence-electron chi connectivity index (χ4n) is 3.03. The van der Waals surface area contributed by atoms with Crippen LogP contribution in [0.1, 0.15) is 25.5 Å². The summed E-state index contributed by atoms with van der Waals surface area (Å²) in [4.78, 5) is 11.7. The number of hydrazine groups is 1. The Labute approximate surface area is 150 Å². The Morgan fingerprint density at radius 2 is 2.23 bits per heavy atom. The number of benzene rings is 1. The normalized spacial score (nSPS) is 17.9. The van der Waals surface area contributed by atoms with E-state index < -0.39 is 6.09 Å². The number of amides is 1. The molecule has 0 fully saturated rings. The number of carbonyl (C=O) groups excluding carboxylic acids is 1. The number of nitrogens with zero attached hydrogens (tertiary/aromatic N) is 2. The van der Waals surface area contributed by atoms with Gasteiger partial charge in [-0.3, -0.25) is 15.5 Å². The first-order valence-electron chi connectivity index (χ1n) is 8.80. The Hall–Kier alpha value is -3.12. The van der Waals surface area contributed by atoms with Crippen molar-refractivity contribution < 1.29 is 14.3 Å². The van der Waals surface area contributed by atoms with Crippen LogP contribution in [0.15, 0.2) is 29.6 Å². The number of aromatic amines is 1. The van der Waals surface area contributed by atoms with Gasteiger partial charge in [0.25, 0.3) is 0 Å². The molecule has 136 valence electrons. The molecule has 0 aliphatic carbocycles. The van der Waals surface area contributed by atoms with Crippen LogP contribution in [0.25, 0.3) is 16.6 Å². The summed E-state index contributed by atoms with van der Waals surface area (Å²) in [7, 11) is 0. The van der Waals surface area contributed by atoms with Crippen LogP contribution in [0.4, 0.5) is 4.79 Å². The Bertz CT molecular complexity index is 897. The minimum absolute atomic E-state index is 0.277. The number of fused-ring (bicyclic) bond motifs is 4. The van der Waals surface area contributed by atoms with Crippen molar-refractivity contribution in [2.75, 3.05) is 26.3 Å². The Balaban J connectivity index is 1.69. The van der Waals surface area contributed by atoms with Gasteiger partial charge in [0.15, 0.2) is 0 Å². The van der Waals surface area contributed by atoms with Crippen LogP contribution in [0.5, 0.6) is 5.75 Å². The number of allylic oxidation sites excluding steroid dienone is 1. The zero-order valence-electron chi connectivity index (χ0n) is 14.6. The summed E-state index contributed by atoms with van der Waals surface area (Å²) in [6.45, 7) is 3.88. The molecule has 0 radical (unpaired) electrons. The van der Waals surface area contributed by atoms with E-state index >= 15 is 0 Å². The van der Waals surface area contributed by atoms with E-state index in [2.05, 4.69) is 33.6 Å². The van der Waals surface area contributed by atoms with Gasteiger partial charge in [-0.2, -0.15) is 5.10 Å². The third-order valence-corrected chi connectivity index (χ3v) is 4.36. The molecule has 8 nitrogen and oxygen atoms in total. The number of cyclic esters (lactones) is 1. The van der Waals surface area contributed by atoms with E-state index in [0.29, 0.717) is 26.1 Å². The number of hydrogen-bond acceptors (Lipinski definition) is 6. The maximum Gasteiger partial charge on any atom is 0.407 e. The van der Waals surface area contributed by atoms with Crippen molar-refractivity contribution in [3.05, 3.63) is 35.3 Å². The molecule has 1 aromatic heterocycles. The highest BCUT2D eigenvalue weighted by Crippen LogP contribution is 2.28. The molecule has 4 rings (SSSR count). The summed E-state index contributed by atoms with van der Waals surface area (Å²) < 4.78 is 11.0. The SMILES string of the molecule is CCC1=C=C2NN1CCOC(=O)NCCCOc1ccc3[nH]nc2c3c1. The molecular weight excluding hydrogens is 334 g/mol. The molecule has 0 unspecified atom stereocenters. The number of aromatic nitrogens is 2. The predicted octanol–water partition coefficient (Wildman–Crippen LogP) is 2.13. The second-order valence-electron chi connectivity index (χ2n) is 6.11. The van der Waals surface area contributed by atoms with Crippen LogP contribution >= 0.6 is 0 Å². The number of carbonyl (C=O) groups is 1. The van der Waals surface area contributed by atoms with Gasteiger partial charge in [0.05, 0.1) is 24.4 Å². The monoisotopic (exact) mass is 355 g/mol. The van der Waals surface area contributed by atoms with E-state index in [-0.39, 0.29) is 6.61 Å². The maximum absolute atomic E-state index is 11.7. The second-order valence-corrected chi connectivity index (χ2v) is 6.11. The molecule has 2 aliphatic rings. The van der Waals surface area contributed by atoms with E-state index in [1.54, 1.807) is 0 Å². The zero-order chi connectivity index (χ0) is 17.9. The van der Waals surface area contributed by atoms with Crippen molar-refractivity contribution in [2.45, 2.75) is 19.8 Å². The smallest absolute Gasteiger partial charge is 0.407 e. The molecule has 26 heavy (non-hydrogen) atoms. The van der Waals surface area contributed by atoms with Crippen LogP contribution < -0.4 is 15.5 Å². The molecule has 4 bridgehead atoms. The van der Waals surface area contributed by atoms with Crippen LogP contribution in [0.3, 0.4) is 0 Å². The van der Waals surface area contributed by atoms with Gasteiger partial charge in [-0.15, -0.1) is 0 Å². The maximum atomic E-state index is 11.7. The molecule has 3 heterocycles. The van der Waals surface area contributed by atoms with E-state index in [1.807, 2.05) is 23.2 Å². The molecule has 0 saturated heterocycles. The summed E-state index contributed by atoms with van der Waals surface area (Å²) in [5.41, 5.74) is 10.2. The van der Waals surface area contributed by atoms with Crippen molar-refractivity contribution in [3.63, 3.8) is 0 Å². The summed E-state index contributed by atoms with van der Waals surface area (Å²) in [6, 6.07) is 5.84. The van der Waals surface area contributed by atoms with Crippen molar-refractivity contribution in [2.24, 2.45) is 0 Å². The minimum atomic E-state index is -0.414. The Morgan fingerprint density at radius 3 is 3.12 bits per heavy atom. The number of nitrogens with one attached hydrogen (secondary N) is 3. The number of ether oxygens (including phenoxy) is 2. The first-order chi connectivity index (χ1) is 12.7. The van der Waals surface area contributed by atoms with Gasteiger partial charge in [0.1, 0.15) is 23.7 Å². The van der Waals surface area contributed by atoms with E-state index in [4.69, 9.17) is 9.47 Å². The standard InChI is InChI=1S/C18H21N5O3/c1-2-12-10-16-17-14-11-13(4-5-15(14)20-21-17)25-8-3-6-19-18(24)26-9-7-23(12)22-16/h4-5,11,22H,2-3,6-9H2,1H3,(H,19,24)(H,20,21). The first-order valence-corrected chi connectivity index (χ1v) is 8.80. The van der Waals surface area contributed by atoms with Gasteiger partial charge in [-0.1, -0.05) is 12.7 Å². The first kappa shape index (κ1) is 16.4. The predicted molar refractivity (Wildman–Crippen MR) is 96.1 cm³/mol. The van der Waals surface area contributed by atoms with Crippen LogP contribution in [0.2, 0.25) is 0 Å². The Morgan fingerprint density at radius 1 is 1.31 bits per heavy atom. The minimum Gasteiger partial charge on any atom is -0.494 e. The average molecular weight is 355 g/mol. The van der Waals surface area contributed by atoms with Crippen molar-refractivity contribution >= 4 is 22.7 Å². The summed E-state index contributed by atoms with van der Waals surface area (Å²) in [5, 5.41) is 13.1. The fraction of sp³-hybridized carbons (Fsp3) is 0.389. The van der Waals surface area contributed by atoms with Crippen molar-refractivity contribution in [1.29, 1.82) is 0 Å². The lowest BCUT2D eigenvalue weighted by Crippen LogP contribution is -2.36. The van der Waals surface area contributed by atoms with E-state index in [0.717, 1.165) is 40.2 Å². The highest BCUT2D eigenvalue weighted by atomic mass is 16.5. The number of rotatable bonds is 1. The summed E-state index contributed by atoms with van der Waals surface area (Å²) >= 11 is 0. The van der Waals surface area contributed by atoms with E-state index in [1.165, 1.54) is 0 Å². The number of H-pyrrole nitrogens is 1. The van der Waals surface area contributed by atoms with Crippen LogP contribution in [-0.2, 0) is 4.74 Å². The van der Waals surface area contributed by atoms with Crippen LogP contribution in [0, 0.1) is 0 Å². The van der Waals surface area contributed by atoms with E-state index in [9.17, 15) is 4.79 Å². The second kappa shape index (κ2) is 7.01. The van der Waals surface area contributed by atoms with Gasteiger partial charge in [0, 0.05) is 11.9 Å². The van der Waals surface area contributed by atoms with Crippen LogP contribution in [-0.4, -0.2) is 47.6 Å². The topological polar surface area (TPSA) is 91.5 Å². The highest BCUT2D eigenvalue weighted by Gasteiger charge is 2.21. The summed E-state index contributed by atoms with van der Waals surface area (Å²) in [5.74, 6) is 0.768. The average Bonchev–Trinajstić information content (AvgIpc) is 3.24. The Kier molecular flexibility index (Phi) is 4.41.